The zero-order chi connectivity index (χ0) is 27.1. The molecule has 1 N–H and O–H groups in total. The predicted octanol–water partition coefficient (Wildman–Crippen LogP) is 2.38. The summed E-state index contributed by atoms with van der Waals surface area (Å²) in [6.45, 7) is 0.763. The largest absolute Gasteiger partial charge is 0.421 e. The van der Waals surface area contributed by atoms with Crippen LogP contribution in [-0.4, -0.2) is 87.1 Å². The van der Waals surface area contributed by atoms with Crippen LogP contribution in [0.4, 0.5) is 18.9 Å². The molecule has 1 aliphatic heterocycles. The number of allylic oxidation sites excluding steroid dienone is 4. The van der Waals surface area contributed by atoms with Crippen molar-refractivity contribution in [2.75, 3.05) is 44.4 Å². The summed E-state index contributed by atoms with van der Waals surface area (Å²) >= 11 is 5.24. The smallest absolute Gasteiger partial charge is 0.376 e. The van der Waals surface area contributed by atoms with Crippen molar-refractivity contribution in [3.8, 4) is 0 Å². The summed E-state index contributed by atoms with van der Waals surface area (Å²) in [5.74, 6) is 0. The minimum Gasteiger partial charge on any atom is -0.376 e. The molecule has 0 bridgehead atoms. The topological polar surface area (TPSA) is 98.2 Å². The molecule has 0 amide bonds. The molecule has 0 saturated carbocycles. The third-order valence-electron chi connectivity index (χ3n) is 6.37. The van der Waals surface area contributed by atoms with E-state index in [1.54, 1.807) is 17.1 Å². The summed E-state index contributed by atoms with van der Waals surface area (Å²) in [5, 5.41) is 9.95. The lowest BCUT2D eigenvalue weighted by Crippen LogP contribution is -2.58. The number of benzene rings is 1. The highest BCUT2D eigenvalue weighted by atomic mass is 32.2. The fourth-order valence-corrected chi connectivity index (χ4v) is 6.52. The minimum atomic E-state index is -4.88. The molecule has 3 rings (SSSR count). The van der Waals surface area contributed by atoms with Gasteiger partial charge in [-0.15, -0.1) is 0 Å². The highest BCUT2D eigenvalue weighted by Crippen LogP contribution is 2.39. The lowest BCUT2D eigenvalue weighted by atomic mass is 9.95. The van der Waals surface area contributed by atoms with Gasteiger partial charge in [-0.3, -0.25) is 0 Å². The number of thiocarbonyl (C=S) groups is 1. The molecule has 1 aliphatic carbocycles. The van der Waals surface area contributed by atoms with E-state index in [1.807, 2.05) is 0 Å². The van der Waals surface area contributed by atoms with Gasteiger partial charge in [-0.2, -0.15) is 17.5 Å². The van der Waals surface area contributed by atoms with Crippen molar-refractivity contribution in [1.82, 2.24) is 8.61 Å². The van der Waals surface area contributed by atoms with Crippen LogP contribution in [0.1, 0.15) is 18.9 Å². The monoisotopic (exact) mass is 567 g/mol. The van der Waals surface area contributed by atoms with Crippen molar-refractivity contribution in [2.45, 2.75) is 31.2 Å². The summed E-state index contributed by atoms with van der Waals surface area (Å²) < 4.78 is 92.8. The number of hydrogen-bond acceptors (Lipinski definition) is 7. The number of alkyl halides is 3. The van der Waals surface area contributed by atoms with Gasteiger partial charge < -0.3 is 10.0 Å². The van der Waals surface area contributed by atoms with E-state index in [2.05, 4.69) is 0 Å². The van der Waals surface area contributed by atoms with E-state index in [0.717, 1.165) is 22.7 Å². The molecule has 0 spiro atoms. The van der Waals surface area contributed by atoms with Crippen LogP contribution < -0.4 is 4.90 Å². The zero-order valence-electron chi connectivity index (χ0n) is 19.9. The van der Waals surface area contributed by atoms with Gasteiger partial charge in [0.15, 0.2) is 5.60 Å². The van der Waals surface area contributed by atoms with Crippen molar-refractivity contribution in [1.29, 1.82) is 0 Å². The van der Waals surface area contributed by atoms with Crippen molar-refractivity contribution >= 4 is 42.8 Å². The van der Waals surface area contributed by atoms with Crippen LogP contribution in [-0.2, 0) is 25.6 Å². The lowest BCUT2D eigenvalue weighted by molar-refractivity contribution is -0.258. The summed E-state index contributed by atoms with van der Waals surface area (Å²) in [6.07, 6.45) is 1.29. The number of rotatable bonds is 7. The number of aliphatic hydroxyl groups is 1. The fraction of sp³-hybridized carbons (Fsp3) is 0.500. The zero-order valence-corrected chi connectivity index (χ0v) is 22.4. The van der Waals surface area contributed by atoms with Gasteiger partial charge in [0.25, 0.3) is 0 Å². The molecule has 0 aromatic heterocycles. The number of nitrogens with zero attached hydrogens (tertiary/aromatic N) is 3. The van der Waals surface area contributed by atoms with Gasteiger partial charge in [0.1, 0.15) is 0 Å². The lowest BCUT2D eigenvalue weighted by Gasteiger charge is -2.43. The molecule has 0 unspecified atom stereocenters. The third kappa shape index (κ3) is 5.83. The molecular weight excluding hydrogens is 539 g/mol. The van der Waals surface area contributed by atoms with E-state index in [-0.39, 0.29) is 41.5 Å². The SMILES string of the molecule is CN(C[C@H]1CN(S(=O)(=O)C2=CC=CCC2=S)CCN1c1ccc([C@@](C)(O)C(F)(F)F)cc1)S(C)(=O)=O. The first-order chi connectivity index (χ1) is 16.5. The van der Waals surface area contributed by atoms with E-state index in [1.165, 1.54) is 29.6 Å². The average Bonchev–Trinajstić information content (AvgIpc) is 2.78. The maximum atomic E-state index is 13.3. The fourth-order valence-electron chi connectivity index (χ4n) is 4.01. The molecule has 8 nitrogen and oxygen atoms in total. The van der Waals surface area contributed by atoms with Crippen LogP contribution in [0.2, 0.25) is 0 Å². The highest BCUT2D eigenvalue weighted by molar-refractivity contribution is 7.96. The first-order valence-electron chi connectivity index (χ1n) is 10.9. The van der Waals surface area contributed by atoms with Crippen LogP contribution in [0.5, 0.6) is 0 Å². The molecule has 1 fully saturated rings. The molecule has 1 aromatic rings. The molecule has 2 aliphatic rings. The Morgan fingerprint density at radius 3 is 2.28 bits per heavy atom. The molecule has 0 radical (unpaired) electrons. The Morgan fingerprint density at radius 1 is 1.14 bits per heavy atom. The van der Waals surface area contributed by atoms with Gasteiger partial charge in [0.2, 0.25) is 20.0 Å². The van der Waals surface area contributed by atoms with Gasteiger partial charge in [0.05, 0.1) is 17.2 Å². The Morgan fingerprint density at radius 2 is 1.75 bits per heavy atom. The number of sulfonamides is 2. The van der Waals surface area contributed by atoms with Crippen LogP contribution in [0.3, 0.4) is 0 Å². The summed E-state index contributed by atoms with van der Waals surface area (Å²) in [6, 6.07) is 4.46. The standard InChI is InChI=1S/C22H28F3N3O5S3/c1-21(29,22(23,24)25)16-8-10-17(11-9-16)28-13-12-27(15-18(28)14-26(2)35(3,30)31)36(32,33)20-7-5-4-6-19(20)34/h4-5,7-11,18,29H,6,12-15H2,1-3H3/t18-,21+/m0/s1. The average molecular weight is 568 g/mol. The molecule has 2 atom stereocenters. The first kappa shape index (κ1) is 28.7. The number of hydrogen-bond donors (Lipinski definition) is 1. The molecule has 1 aromatic carbocycles. The summed E-state index contributed by atoms with van der Waals surface area (Å²) in [5.41, 5.74) is -2.93. The second-order valence-electron chi connectivity index (χ2n) is 8.96. The molecule has 200 valence electrons. The number of piperazine rings is 1. The van der Waals surface area contributed by atoms with Gasteiger partial charge in [-0.1, -0.05) is 36.5 Å². The van der Waals surface area contributed by atoms with Gasteiger partial charge in [-0.25, -0.2) is 21.1 Å². The normalized spacial score (nSPS) is 22.0. The first-order valence-corrected chi connectivity index (χ1v) is 14.6. The Balaban J connectivity index is 1.93. The quantitative estimate of drug-likeness (QED) is 0.506. The van der Waals surface area contributed by atoms with Gasteiger partial charge in [0, 0.05) is 50.2 Å². The van der Waals surface area contributed by atoms with Crippen LogP contribution >= 0.6 is 12.2 Å². The maximum Gasteiger partial charge on any atom is 0.421 e. The van der Waals surface area contributed by atoms with Crippen LogP contribution in [0.25, 0.3) is 0 Å². The van der Waals surface area contributed by atoms with E-state index in [0.29, 0.717) is 19.0 Å². The van der Waals surface area contributed by atoms with Gasteiger partial charge >= 0.3 is 6.18 Å². The predicted molar refractivity (Wildman–Crippen MR) is 136 cm³/mol. The molecule has 1 saturated heterocycles. The molecule has 1 heterocycles. The Bertz CT molecular complexity index is 1270. The third-order valence-corrected chi connectivity index (χ3v) is 10.1. The number of likely N-dealkylation sites (N-methyl/N-ethyl adjacent to an activating group) is 1. The molecule has 36 heavy (non-hydrogen) atoms. The van der Waals surface area contributed by atoms with Crippen molar-refractivity contribution < 1.29 is 35.1 Å². The molecule has 14 heteroatoms. The second-order valence-corrected chi connectivity index (χ2v) is 13.4. The maximum absolute atomic E-state index is 13.3. The van der Waals surface area contributed by atoms with Crippen LogP contribution in [0, 0.1) is 0 Å². The molecular formula is C22H28F3N3O5S3. The Labute approximate surface area is 214 Å². The van der Waals surface area contributed by atoms with Crippen molar-refractivity contribution in [2.24, 2.45) is 0 Å². The van der Waals surface area contributed by atoms with E-state index >= 15 is 0 Å². The minimum absolute atomic E-state index is 0.0300. The van der Waals surface area contributed by atoms with Gasteiger partial charge in [-0.05, 0) is 30.7 Å². The highest BCUT2D eigenvalue weighted by Gasteiger charge is 2.51. The summed E-state index contributed by atoms with van der Waals surface area (Å²) in [4.78, 5) is 2.08. The Hall–Kier alpha value is -1.84. The van der Waals surface area contributed by atoms with E-state index in [4.69, 9.17) is 12.2 Å². The second kappa shape index (κ2) is 10.1. The summed E-state index contributed by atoms with van der Waals surface area (Å²) in [7, 11) is -6.16. The van der Waals surface area contributed by atoms with Crippen molar-refractivity contribution in [3.05, 3.63) is 53.0 Å². The number of anilines is 1. The van der Waals surface area contributed by atoms with Crippen molar-refractivity contribution in [3.63, 3.8) is 0 Å². The van der Waals surface area contributed by atoms with Crippen LogP contribution in [0.15, 0.2) is 47.4 Å². The Kier molecular flexibility index (Phi) is 8.09. The number of halogens is 3. The van der Waals surface area contributed by atoms with E-state index in [9.17, 15) is 35.1 Å². The van der Waals surface area contributed by atoms with E-state index < -0.39 is 37.9 Å².